The first-order valence-corrected chi connectivity index (χ1v) is 11.2. The van der Waals surface area contributed by atoms with Crippen LogP contribution in [0.4, 0.5) is 10.5 Å². The Balaban J connectivity index is 1.76. The van der Waals surface area contributed by atoms with E-state index in [1.165, 1.54) is 48.6 Å². The maximum Gasteiger partial charge on any atom is 0.411 e. The van der Waals surface area contributed by atoms with Crippen molar-refractivity contribution in [1.82, 2.24) is 0 Å². The summed E-state index contributed by atoms with van der Waals surface area (Å²) in [5, 5.41) is 48.4. The van der Waals surface area contributed by atoms with Crippen molar-refractivity contribution >= 4 is 35.5 Å². The molecule has 1 amide bonds. The van der Waals surface area contributed by atoms with Crippen LogP contribution in [0.3, 0.4) is 0 Å². The maximum absolute atomic E-state index is 13.6. The number of benzene rings is 3. The fourth-order valence-electron chi connectivity index (χ4n) is 4.23. The van der Waals surface area contributed by atoms with Gasteiger partial charge in [0.15, 0.2) is 34.6 Å². The first kappa shape index (κ1) is 25.1. The molecule has 1 heterocycles. The van der Waals surface area contributed by atoms with Gasteiger partial charge in [-0.3, -0.25) is 14.5 Å². The number of carbonyl (C=O) groups excluding carboxylic acids is 2. The fourth-order valence-corrected chi connectivity index (χ4v) is 4.23. The molecule has 0 radical (unpaired) electrons. The Bertz CT molecular complexity index is 1380. The largest absolute Gasteiger partial charge is 0.504 e. The van der Waals surface area contributed by atoms with E-state index in [2.05, 4.69) is 0 Å². The minimum absolute atomic E-state index is 0.0546. The molecule has 9 heteroatoms. The van der Waals surface area contributed by atoms with Gasteiger partial charge in [0.1, 0.15) is 5.41 Å². The summed E-state index contributed by atoms with van der Waals surface area (Å²) < 4.78 is 0. The van der Waals surface area contributed by atoms with Crippen LogP contribution in [-0.2, 0) is 16.0 Å². The molecule has 4 rings (SSSR count). The molecule has 1 aliphatic heterocycles. The summed E-state index contributed by atoms with van der Waals surface area (Å²) in [7, 11) is 0. The molecule has 0 atom stereocenters. The van der Waals surface area contributed by atoms with Crippen LogP contribution in [0, 0.1) is 5.41 Å². The molecule has 1 aliphatic rings. The summed E-state index contributed by atoms with van der Waals surface area (Å²) in [5.74, 6) is -2.73. The van der Waals surface area contributed by atoms with Crippen LogP contribution in [-0.4, -0.2) is 49.7 Å². The molecule has 0 aliphatic carbocycles. The van der Waals surface area contributed by atoms with Gasteiger partial charge in [0.05, 0.1) is 5.69 Å². The molecule has 0 spiro atoms. The van der Waals surface area contributed by atoms with E-state index >= 15 is 0 Å². The Morgan fingerprint density at radius 1 is 0.730 bits per heavy atom. The molecule has 37 heavy (non-hydrogen) atoms. The molecular formula is C28H23NO8. The summed E-state index contributed by atoms with van der Waals surface area (Å²) >= 11 is 0. The van der Waals surface area contributed by atoms with Gasteiger partial charge in [-0.15, -0.1) is 0 Å². The van der Waals surface area contributed by atoms with Crippen molar-refractivity contribution in [2.75, 3.05) is 11.4 Å². The van der Waals surface area contributed by atoms with Gasteiger partial charge >= 0.3 is 6.09 Å². The van der Waals surface area contributed by atoms with E-state index in [0.29, 0.717) is 22.4 Å². The summed E-state index contributed by atoms with van der Waals surface area (Å²) in [6, 6.07) is 14.5. The average molecular weight is 501 g/mol. The summed E-state index contributed by atoms with van der Waals surface area (Å²) in [6.45, 7) is -0.423. The Morgan fingerprint density at radius 3 is 1.73 bits per heavy atom. The maximum atomic E-state index is 13.6. The number of amides is 1. The number of carbonyl (C=O) groups is 3. The number of fused-ring (bicyclic) bond motifs is 1. The van der Waals surface area contributed by atoms with Gasteiger partial charge in [0.2, 0.25) is 0 Å². The molecular weight excluding hydrogens is 478 g/mol. The summed E-state index contributed by atoms with van der Waals surface area (Å²) in [6.07, 6.45) is 3.65. The van der Waals surface area contributed by atoms with Gasteiger partial charge in [-0.2, -0.15) is 0 Å². The van der Waals surface area contributed by atoms with Crippen LogP contribution in [0.15, 0.2) is 72.8 Å². The minimum atomic E-state index is -1.79. The SMILES string of the molecule is O=C(O)N1CC(C(=O)C=Cc2ccc(O)c(O)c2)(C(=O)C=Cc2ccc(O)c(O)c2)Cc2ccccc21. The Kier molecular flexibility index (Phi) is 6.71. The summed E-state index contributed by atoms with van der Waals surface area (Å²) in [4.78, 5) is 40.3. The van der Waals surface area contributed by atoms with Crippen molar-refractivity contribution in [3.8, 4) is 23.0 Å². The topological polar surface area (TPSA) is 156 Å². The molecule has 188 valence electrons. The number of anilines is 1. The second-order valence-electron chi connectivity index (χ2n) is 8.65. The quantitative estimate of drug-likeness (QED) is 0.192. The first-order chi connectivity index (χ1) is 17.6. The second-order valence-corrected chi connectivity index (χ2v) is 8.65. The standard InChI is InChI=1S/C28H23NO8/c30-21-9-5-17(13-23(21)32)7-11-25(34)28(26(35)12-8-18-6-10-22(31)24(33)14-18)15-19-3-1-2-4-20(19)29(16-28)27(36)37/h1-14,30-33H,15-16H2,(H,36,37). The highest BCUT2D eigenvalue weighted by atomic mass is 16.4. The highest BCUT2D eigenvalue weighted by Gasteiger charge is 2.49. The number of nitrogens with zero attached hydrogens (tertiary/aromatic N) is 1. The normalized spacial score (nSPS) is 17.1. The number of hydrogen-bond acceptors (Lipinski definition) is 7. The molecule has 3 aromatic rings. The van der Waals surface area contributed by atoms with Crippen LogP contribution in [0.25, 0.3) is 12.2 Å². The zero-order valence-electron chi connectivity index (χ0n) is 19.4. The number of phenols is 4. The predicted octanol–water partition coefficient (Wildman–Crippen LogP) is 4.10. The van der Waals surface area contributed by atoms with E-state index in [-0.39, 0.29) is 29.4 Å². The number of hydrogen-bond donors (Lipinski definition) is 5. The lowest BCUT2D eigenvalue weighted by Gasteiger charge is -2.39. The lowest BCUT2D eigenvalue weighted by molar-refractivity contribution is -0.134. The van der Waals surface area contributed by atoms with Crippen LogP contribution >= 0.6 is 0 Å². The molecule has 9 nitrogen and oxygen atoms in total. The van der Waals surface area contributed by atoms with Crippen LogP contribution < -0.4 is 4.90 Å². The fraction of sp³-hybridized carbons (Fsp3) is 0.107. The van der Waals surface area contributed by atoms with E-state index in [4.69, 9.17) is 0 Å². The highest BCUT2D eigenvalue weighted by Crippen LogP contribution is 2.39. The van der Waals surface area contributed by atoms with E-state index < -0.39 is 29.6 Å². The molecule has 5 N–H and O–H groups in total. The molecule has 0 aromatic heterocycles. The predicted molar refractivity (Wildman–Crippen MR) is 136 cm³/mol. The lowest BCUT2D eigenvalue weighted by atomic mass is 9.70. The first-order valence-electron chi connectivity index (χ1n) is 11.2. The van der Waals surface area contributed by atoms with E-state index in [1.807, 2.05) is 0 Å². The van der Waals surface area contributed by atoms with Crippen molar-refractivity contribution in [1.29, 1.82) is 0 Å². The lowest BCUT2D eigenvalue weighted by Crippen LogP contribution is -2.53. The number of phenolic OH excluding ortho intramolecular Hbond substituents is 4. The number of ketones is 2. The number of allylic oxidation sites excluding steroid dienone is 2. The van der Waals surface area contributed by atoms with Gasteiger partial charge in [-0.05, 0) is 65.6 Å². The average Bonchev–Trinajstić information content (AvgIpc) is 2.88. The second kappa shape index (κ2) is 9.90. The van der Waals surface area contributed by atoms with Gasteiger partial charge in [-0.1, -0.05) is 42.5 Å². The molecule has 0 bridgehead atoms. The molecule has 0 unspecified atom stereocenters. The Morgan fingerprint density at radius 2 is 1.24 bits per heavy atom. The Labute approximate surface area is 211 Å². The van der Waals surface area contributed by atoms with E-state index in [9.17, 15) is 39.9 Å². The van der Waals surface area contributed by atoms with Crippen molar-refractivity contribution < 1.29 is 39.9 Å². The summed E-state index contributed by atoms with van der Waals surface area (Å²) in [5.41, 5.74) is -0.145. The zero-order valence-corrected chi connectivity index (χ0v) is 19.4. The third-order valence-corrected chi connectivity index (χ3v) is 6.23. The third-order valence-electron chi connectivity index (χ3n) is 6.23. The van der Waals surface area contributed by atoms with Crippen LogP contribution in [0.1, 0.15) is 16.7 Å². The van der Waals surface area contributed by atoms with E-state index in [0.717, 1.165) is 17.1 Å². The van der Waals surface area contributed by atoms with E-state index in [1.54, 1.807) is 24.3 Å². The number of rotatable bonds is 6. The minimum Gasteiger partial charge on any atom is -0.504 e. The molecule has 0 saturated carbocycles. The van der Waals surface area contributed by atoms with Crippen molar-refractivity contribution in [3.05, 3.63) is 89.5 Å². The molecule has 3 aromatic carbocycles. The van der Waals surface area contributed by atoms with Gasteiger partial charge in [0, 0.05) is 6.54 Å². The smallest absolute Gasteiger partial charge is 0.411 e. The van der Waals surface area contributed by atoms with Gasteiger partial charge < -0.3 is 25.5 Å². The number of aromatic hydroxyl groups is 4. The van der Waals surface area contributed by atoms with Gasteiger partial charge in [-0.25, -0.2) is 4.79 Å². The van der Waals surface area contributed by atoms with Crippen molar-refractivity contribution in [2.24, 2.45) is 5.41 Å². The molecule has 0 fully saturated rings. The van der Waals surface area contributed by atoms with Crippen molar-refractivity contribution in [3.63, 3.8) is 0 Å². The van der Waals surface area contributed by atoms with Crippen molar-refractivity contribution in [2.45, 2.75) is 6.42 Å². The Hall–Kier alpha value is -5.05. The molecule has 0 saturated heterocycles. The third kappa shape index (κ3) is 5.01. The number of para-hydroxylation sites is 1. The van der Waals surface area contributed by atoms with Crippen LogP contribution in [0.2, 0.25) is 0 Å². The number of carboxylic acid groups (broad SMARTS) is 1. The van der Waals surface area contributed by atoms with Crippen LogP contribution in [0.5, 0.6) is 23.0 Å². The monoisotopic (exact) mass is 501 g/mol. The highest BCUT2D eigenvalue weighted by molar-refractivity contribution is 6.19. The zero-order chi connectivity index (χ0) is 26.7. The van der Waals surface area contributed by atoms with Gasteiger partial charge in [0.25, 0.3) is 0 Å².